The van der Waals surface area contributed by atoms with Crippen LogP contribution in [0.5, 0.6) is 0 Å². The van der Waals surface area contributed by atoms with Gasteiger partial charge in [-0.25, -0.2) is 0 Å². The summed E-state index contributed by atoms with van der Waals surface area (Å²) >= 11 is 0. The predicted molar refractivity (Wildman–Crippen MR) is 82.5 cm³/mol. The van der Waals surface area contributed by atoms with Crippen molar-refractivity contribution in [3.05, 3.63) is 0 Å². The molecule has 0 aliphatic carbocycles. The van der Waals surface area contributed by atoms with Crippen LogP contribution in [0.2, 0.25) is 0 Å². The van der Waals surface area contributed by atoms with Crippen LogP contribution in [-0.4, -0.2) is 37.5 Å². The lowest BCUT2D eigenvalue weighted by Crippen LogP contribution is -2.31. The van der Waals surface area contributed by atoms with Gasteiger partial charge in [-0.3, -0.25) is 0 Å². The zero-order chi connectivity index (χ0) is 14.3. The average Bonchev–Trinajstić information content (AvgIpc) is 2.37. The number of hydrogen-bond acceptors (Lipinski definition) is 3. The summed E-state index contributed by atoms with van der Waals surface area (Å²) in [5.74, 6) is 0.834. The van der Waals surface area contributed by atoms with Crippen LogP contribution in [-0.2, 0) is 4.74 Å². The fourth-order valence-electron chi connectivity index (χ4n) is 1.95. The number of rotatable bonds is 14. The summed E-state index contributed by atoms with van der Waals surface area (Å²) in [4.78, 5) is 0. The smallest absolute Gasteiger partial charge is 0.0897 e. The van der Waals surface area contributed by atoms with Crippen molar-refractivity contribution in [2.45, 2.75) is 71.8 Å². The van der Waals surface area contributed by atoms with Crippen LogP contribution >= 0.6 is 0 Å². The second-order valence-corrected chi connectivity index (χ2v) is 5.88. The minimum Gasteiger partial charge on any atom is -0.389 e. The molecule has 1 unspecified atom stereocenters. The zero-order valence-electron chi connectivity index (χ0n) is 13.3. The van der Waals surface area contributed by atoms with E-state index in [0.29, 0.717) is 13.2 Å². The highest BCUT2D eigenvalue weighted by atomic mass is 16.5. The molecule has 0 heterocycles. The number of aliphatic hydroxyl groups is 1. The summed E-state index contributed by atoms with van der Waals surface area (Å²) in [6, 6.07) is 0. The predicted octanol–water partition coefficient (Wildman–Crippen LogP) is 3.36. The molecule has 0 radical (unpaired) electrons. The first kappa shape index (κ1) is 18.9. The van der Waals surface area contributed by atoms with E-state index in [2.05, 4.69) is 26.1 Å². The highest BCUT2D eigenvalue weighted by Gasteiger charge is 2.03. The maximum absolute atomic E-state index is 9.66. The highest BCUT2D eigenvalue weighted by Crippen LogP contribution is 2.08. The molecular weight excluding hydrogens is 238 g/mol. The molecule has 0 amide bonds. The fraction of sp³-hybridized carbons (Fsp3) is 1.00. The van der Waals surface area contributed by atoms with Gasteiger partial charge in [0.2, 0.25) is 0 Å². The molecule has 3 nitrogen and oxygen atoms in total. The molecule has 0 aliphatic rings. The van der Waals surface area contributed by atoms with Crippen molar-refractivity contribution < 1.29 is 9.84 Å². The maximum Gasteiger partial charge on any atom is 0.0897 e. The van der Waals surface area contributed by atoms with E-state index in [0.717, 1.165) is 31.9 Å². The van der Waals surface area contributed by atoms with Gasteiger partial charge in [0.25, 0.3) is 0 Å². The first-order valence-corrected chi connectivity index (χ1v) is 8.13. The number of unbranched alkanes of at least 4 members (excludes halogenated alkanes) is 4. The van der Waals surface area contributed by atoms with Crippen LogP contribution in [0.25, 0.3) is 0 Å². The van der Waals surface area contributed by atoms with Crippen LogP contribution < -0.4 is 5.32 Å². The second kappa shape index (κ2) is 14.3. The Morgan fingerprint density at radius 3 is 2.47 bits per heavy atom. The molecule has 0 bridgehead atoms. The van der Waals surface area contributed by atoms with Gasteiger partial charge in [-0.15, -0.1) is 0 Å². The molecular formula is C16H35NO2. The minimum absolute atomic E-state index is 0.363. The third-order valence-electron chi connectivity index (χ3n) is 3.22. The standard InChI is InChI=1S/C16H35NO2/c1-4-5-12-19-14-16(18)13-17-11-9-7-6-8-10-15(2)3/h15-18H,4-14H2,1-3H3. The summed E-state index contributed by atoms with van der Waals surface area (Å²) in [6.45, 7) is 9.59. The molecule has 3 heteroatoms. The lowest BCUT2D eigenvalue weighted by molar-refractivity contribution is 0.0360. The molecule has 0 aromatic carbocycles. The molecule has 0 rings (SSSR count). The summed E-state index contributed by atoms with van der Waals surface area (Å²) in [5, 5.41) is 13.0. The number of aliphatic hydroxyl groups excluding tert-OH is 1. The number of nitrogens with one attached hydrogen (secondary N) is 1. The van der Waals surface area contributed by atoms with Crippen molar-refractivity contribution in [2.75, 3.05) is 26.3 Å². The Morgan fingerprint density at radius 1 is 1.05 bits per heavy atom. The average molecular weight is 273 g/mol. The lowest BCUT2D eigenvalue weighted by atomic mass is 10.0. The molecule has 0 spiro atoms. The van der Waals surface area contributed by atoms with Crippen molar-refractivity contribution >= 4 is 0 Å². The van der Waals surface area contributed by atoms with Crippen LogP contribution in [0.15, 0.2) is 0 Å². The Morgan fingerprint density at radius 2 is 1.79 bits per heavy atom. The largest absolute Gasteiger partial charge is 0.389 e. The Bertz CT molecular complexity index is 174. The lowest BCUT2D eigenvalue weighted by Gasteiger charge is -2.12. The Labute approximate surface area is 120 Å². The molecule has 0 saturated carbocycles. The quantitative estimate of drug-likeness (QED) is 0.477. The molecule has 0 aromatic rings. The van der Waals surface area contributed by atoms with Gasteiger partial charge in [0, 0.05) is 13.2 Å². The maximum atomic E-state index is 9.66. The second-order valence-electron chi connectivity index (χ2n) is 5.88. The first-order valence-electron chi connectivity index (χ1n) is 8.13. The van der Waals surface area contributed by atoms with Crippen molar-refractivity contribution in [3.8, 4) is 0 Å². The molecule has 0 saturated heterocycles. The van der Waals surface area contributed by atoms with E-state index in [1.165, 1.54) is 32.1 Å². The monoisotopic (exact) mass is 273 g/mol. The molecule has 0 aliphatic heterocycles. The third-order valence-corrected chi connectivity index (χ3v) is 3.22. The summed E-state index contributed by atoms with van der Waals surface area (Å²) in [6.07, 6.45) is 8.40. The van der Waals surface area contributed by atoms with Gasteiger partial charge in [0.05, 0.1) is 12.7 Å². The molecule has 0 aromatic heterocycles. The Kier molecular flexibility index (Phi) is 14.2. The van der Waals surface area contributed by atoms with Crippen LogP contribution in [0.3, 0.4) is 0 Å². The van der Waals surface area contributed by atoms with Gasteiger partial charge < -0.3 is 15.2 Å². The van der Waals surface area contributed by atoms with Gasteiger partial charge in [0.15, 0.2) is 0 Å². The first-order chi connectivity index (χ1) is 9.16. The normalized spacial score (nSPS) is 13.1. The summed E-state index contributed by atoms with van der Waals surface area (Å²) < 4.78 is 5.38. The number of ether oxygens (including phenoxy) is 1. The van der Waals surface area contributed by atoms with Crippen molar-refractivity contribution in [3.63, 3.8) is 0 Å². The van der Waals surface area contributed by atoms with Crippen molar-refractivity contribution in [1.82, 2.24) is 5.32 Å². The topological polar surface area (TPSA) is 41.5 Å². The molecule has 116 valence electrons. The van der Waals surface area contributed by atoms with E-state index in [-0.39, 0.29) is 6.10 Å². The Balaban J connectivity index is 3.12. The van der Waals surface area contributed by atoms with Crippen molar-refractivity contribution in [2.24, 2.45) is 5.92 Å². The van der Waals surface area contributed by atoms with E-state index in [9.17, 15) is 5.11 Å². The highest BCUT2D eigenvalue weighted by molar-refractivity contribution is 4.58. The third kappa shape index (κ3) is 15.8. The summed E-state index contributed by atoms with van der Waals surface area (Å²) in [5.41, 5.74) is 0. The van der Waals surface area contributed by atoms with E-state index in [1.807, 2.05) is 0 Å². The molecule has 1 atom stereocenters. The molecule has 19 heavy (non-hydrogen) atoms. The van der Waals surface area contributed by atoms with Crippen LogP contribution in [0.1, 0.15) is 65.7 Å². The van der Waals surface area contributed by atoms with E-state index in [1.54, 1.807) is 0 Å². The van der Waals surface area contributed by atoms with Crippen LogP contribution in [0, 0.1) is 5.92 Å². The molecule has 0 fully saturated rings. The number of hydrogen-bond donors (Lipinski definition) is 2. The fourth-order valence-corrected chi connectivity index (χ4v) is 1.95. The van der Waals surface area contributed by atoms with Crippen molar-refractivity contribution in [1.29, 1.82) is 0 Å². The van der Waals surface area contributed by atoms with Gasteiger partial charge in [0.1, 0.15) is 0 Å². The van der Waals surface area contributed by atoms with Gasteiger partial charge in [-0.05, 0) is 25.3 Å². The Hall–Kier alpha value is -0.120. The van der Waals surface area contributed by atoms with Crippen LogP contribution in [0.4, 0.5) is 0 Å². The van der Waals surface area contributed by atoms with E-state index in [4.69, 9.17) is 4.74 Å². The van der Waals surface area contributed by atoms with Gasteiger partial charge in [-0.1, -0.05) is 52.9 Å². The SMILES string of the molecule is CCCCOCC(O)CNCCCCCCC(C)C. The molecule has 2 N–H and O–H groups in total. The van der Waals surface area contributed by atoms with Gasteiger partial charge in [-0.2, -0.15) is 0 Å². The van der Waals surface area contributed by atoms with Gasteiger partial charge >= 0.3 is 0 Å². The zero-order valence-corrected chi connectivity index (χ0v) is 13.3. The van der Waals surface area contributed by atoms with E-state index >= 15 is 0 Å². The summed E-state index contributed by atoms with van der Waals surface area (Å²) in [7, 11) is 0. The minimum atomic E-state index is -0.363. The van der Waals surface area contributed by atoms with E-state index < -0.39 is 0 Å².